The first kappa shape index (κ1) is 14.5. The molecule has 19 heavy (non-hydrogen) atoms. The summed E-state index contributed by atoms with van der Waals surface area (Å²) in [5.41, 5.74) is 9.33. The molecule has 0 bridgehead atoms. The summed E-state index contributed by atoms with van der Waals surface area (Å²) in [4.78, 5) is 23.5. The van der Waals surface area contributed by atoms with Crippen molar-refractivity contribution in [3.05, 3.63) is 49.9 Å². The van der Waals surface area contributed by atoms with Gasteiger partial charge >= 0.3 is 5.97 Å². The molecule has 1 aromatic carbocycles. The highest BCUT2D eigenvalue weighted by Crippen LogP contribution is 2.28. The number of nitrogens with zero attached hydrogens (tertiary/aromatic N) is 4. The van der Waals surface area contributed by atoms with Gasteiger partial charge in [-0.05, 0) is 24.4 Å². The highest BCUT2D eigenvalue weighted by Gasteiger charge is 2.17. The van der Waals surface area contributed by atoms with Gasteiger partial charge < -0.3 is 5.11 Å². The van der Waals surface area contributed by atoms with Crippen LogP contribution in [-0.2, 0) is 4.79 Å². The minimum absolute atomic E-state index is 0.0778. The van der Waals surface area contributed by atoms with Gasteiger partial charge in [0.2, 0.25) is 0 Å². The van der Waals surface area contributed by atoms with E-state index in [0.29, 0.717) is 11.1 Å². The van der Waals surface area contributed by atoms with E-state index in [2.05, 4.69) is 10.0 Å². The Kier molecular flexibility index (Phi) is 4.84. The van der Waals surface area contributed by atoms with Crippen molar-refractivity contribution in [2.45, 2.75) is 25.8 Å². The van der Waals surface area contributed by atoms with Gasteiger partial charge in [0.25, 0.3) is 5.69 Å². The van der Waals surface area contributed by atoms with Crippen LogP contribution in [-0.4, -0.2) is 16.0 Å². The summed E-state index contributed by atoms with van der Waals surface area (Å²) in [6.07, 6.45) is -0.0784. The lowest BCUT2D eigenvalue weighted by Crippen LogP contribution is -2.02. The zero-order valence-electron chi connectivity index (χ0n) is 10.2. The third kappa shape index (κ3) is 3.97. The van der Waals surface area contributed by atoms with Crippen LogP contribution in [0.25, 0.3) is 10.4 Å². The van der Waals surface area contributed by atoms with E-state index in [1.807, 2.05) is 0 Å². The van der Waals surface area contributed by atoms with Gasteiger partial charge in [-0.3, -0.25) is 14.9 Å². The zero-order chi connectivity index (χ0) is 14.4. The highest BCUT2D eigenvalue weighted by molar-refractivity contribution is 5.66. The average Bonchev–Trinajstić information content (AvgIpc) is 2.34. The van der Waals surface area contributed by atoms with Crippen molar-refractivity contribution in [1.82, 2.24) is 0 Å². The molecule has 1 unspecified atom stereocenters. The molecule has 0 radical (unpaired) electrons. The molecule has 0 saturated heterocycles. The number of carboxylic acid groups (broad SMARTS) is 1. The SMILES string of the molecule is Cc1ccc(C(CCC(=O)O)N=[N+]=[N-])cc1[N+](=O)[O-]. The minimum Gasteiger partial charge on any atom is -0.481 e. The van der Waals surface area contributed by atoms with Gasteiger partial charge in [0.15, 0.2) is 0 Å². The Morgan fingerprint density at radius 2 is 2.32 bits per heavy atom. The van der Waals surface area contributed by atoms with Crippen LogP contribution in [0.4, 0.5) is 5.69 Å². The van der Waals surface area contributed by atoms with E-state index >= 15 is 0 Å². The molecule has 0 aliphatic carbocycles. The molecule has 0 fully saturated rings. The normalized spacial score (nSPS) is 11.4. The standard InChI is InChI=1S/C11H12N4O4/c1-7-2-3-8(6-10(7)15(18)19)9(13-14-12)4-5-11(16)17/h2-3,6,9H,4-5H2,1H3,(H,16,17). The number of azide groups is 1. The van der Waals surface area contributed by atoms with Crippen molar-refractivity contribution >= 4 is 11.7 Å². The summed E-state index contributed by atoms with van der Waals surface area (Å²) in [7, 11) is 0. The number of benzene rings is 1. The number of aryl methyl sites for hydroxylation is 1. The predicted molar refractivity (Wildman–Crippen MR) is 66.6 cm³/mol. The van der Waals surface area contributed by atoms with Crippen molar-refractivity contribution in [1.29, 1.82) is 0 Å². The zero-order valence-corrected chi connectivity index (χ0v) is 10.2. The third-order valence-electron chi connectivity index (χ3n) is 2.64. The molecule has 0 saturated carbocycles. The van der Waals surface area contributed by atoms with Crippen LogP contribution in [0.3, 0.4) is 0 Å². The van der Waals surface area contributed by atoms with Gasteiger partial charge in [0.05, 0.1) is 11.0 Å². The molecule has 1 aromatic rings. The lowest BCUT2D eigenvalue weighted by molar-refractivity contribution is -0.385. The fraction of sp³-hybridized carbons (Fsp3) is 0.364. The number of hydrogen-bond acceptors (Lipinski definition) is 4. The molecule has 0 aliphatic heterocycles. The Morgan fingerprint density at radius 3 is 2.84 bits per heavy atom. The smallest absolute Gasteiger partial charge is 0.303 e. The van der Waals surface area contributed by atoms with Gasteiger partial charge in [-0.2, -0.15) is 0 Å². The number of carbonyl (C=O) groups is 1. The molecule has 100 valence electrons. The van der Waals surface area contributed by atoms with E-state index in [1.54, 1.807) is 19.1 Å². The number of carboxylic acids is 1. The van der Waals surface area contributed by atoms with Crippen molar-refractivity contribution in [2.75, 3.05) is 0 Å². The van der Waals surface area contributed by atoms with E-state index in [0.717, 1.165) is 0 Å². The van der Waals surface area contributed by atoms with E-state index < -0.39 is 16.9 Å². The van der Waals surface area contributed by atoms with E-state index in [4.69, 9.17) is 10.6 Å². The maximum Gasteiger partial charge on any atom is 0.303 e. The molecule has 0 amide bonds. The lowest BCUT2D eigenvalue weighted by atomic mass is 10.0. The van der Waals surface area contributed by atoms with Crippen LogP contribution in [0, 0.1) is 17.0 Å². The minimum atomic E-state index is -1.01. The van der Waals surface area contributed by atoms with Gasteiger partial charge in [0, 0.05) is 23.0 Å². The maximum absolute atomic E-state index is 10.8. The Morgan fingerprint density at radius 1 is 1.63 bits per heavy atom. The second kappa shape index (κ2) is 6.36. The average molecular weight is 264 g/mol. The molecular weight excluding hydrogens is 252 g/mol. The fourth-order valence-electron chi connectivity index (χ4n) is 1.64. The lowest BCUT2D eigenvalue weighted by Gasteiger charge is -2.10. The third-order valence-corrected chi connectivity index (χ3v) is 2.64. The van der Waals surface area contributed by atoms with Crippen LogP contribution in [0.2, 0.25) is 0 Å². The molecule has 8 nitrogen and oxygen atoms in total. The number of nitro groups is 1. The summed E-state index contributed by atoms with van der Waals surface area (Å²) in [5, 5.41) is 22.9. The van der Waals surface area contributed by atoms with Crippen LogP contribution in [0.15, 0.2) is 23.3 Å². The van der Waals surface area contributed by atoms with Crippen LogP contribution in [0.1, 0.15) is 30.0 Å². The first-order chi connectivity index (χ1) is 8.95. The summed E-state index contributed by atoms with van der Waals surface area (Å²) in [5.74, 6) is -1.01. The Balaban J connectivity index is 3.08. The second-order valence-corrected chi connectivity index (χ2v) is 3.96. The number of aliphatic carboxylic acids is 1. The van der Waals surface area contributed by atoms with Crippen molar-refractivity contribution < 1.29 is 14.8 Å². The molecule has 1 N–H and O–H groups in total. The molecule has 0 aromatic heterocycles. The highest BCUT2D eigenvalue weighted by atomic mass is 16.6. The Bertz CT molecular complexity index is 552. The van der Waals surface area contributed by atoms with E-state index in [9.17, 15) is 14.9 Å². The van der Waals surface area contributed by atoms with E-state index in [-0.39, 0.29) is 18.5 Å². The van der Waals surface area contributed by atoms with E-state index in [1.165, 1.54) is 6.07 Å². The van der Waals surface area contributed by atoms with Crippen molar-refractivity contribution in [2.24, 2.45) is 5.11 Å². The molecule has 0 aliphatic rings. The maximum atomic E-state index is 10.8. The van der Waals surface area contributed by atoms with Gasteiger partial charge in [0.1, 0.15) is 0 Å². The van der Waals surface area contributed by atoms with Gasteiger partial charge in [-0.15, -0.1) is 0 Å². The van der Waals surface area contributed by atoms with Crippen molar-refractivity contribution in [3.8, 4) is 0 Å². The van der Waals surface area contributed by atoms with Crippen LogP contribution in [0.5, 0.6) is 0 Å². The molecule has 0 heterocycles. The molecular formula is C11H12N4O4. The first-order valence-corrected chi connectivity index (χ1v) is 5.46. The van der Waals surface area contributed by atoms with Crippen molar-refractivity contribution in [3.63, 3.8) is 0 Å². The number of nitro benzene ring substituents is 1. The molecule has 1 rings (SSSR count). The summed E-state index contributed by atoms with van der Waals surface area (Å²) >= 11 is 0. The Hall–Kier alpha value is -2.60. The predicted octanol–water partition coefficient (Wildman–Crippen LogP) is 3.12. The monoisotopic (exact) mass is 264 g/mol. The Labute approximate surface area is 108 Å². The van der Waals surface area contributed by atoms with Gasteiger partial charge in [-0.25, -0.2) is 0 Å². The summed E-state index contributed by atoms with van der Waals surface area (Å²) < 4.78 is 0. The van der Waals surface area contributed by atoms with Gasteiger partial charge in [-0.1, -0.05) is 17.2 Å². The molecule has 1 atom stereocenters. The number of rotatable bonds is 6. The first-order valence-electron chi connectivity index (χ1n) is 5.46. The quantitative estimate of drug-likeness (QED) is 0.278. The largest absolute Gasteiger partial charge is 0.481 e. The number of hydrogen-bond donors (Lipinski definition) is 1. The fourth-order valence-corrected chi connectivity index (χ4v) is 1.64. The molecule has 0 spiro atoms. The van der Waals surface area contributed by atoms with Crippen LogP contribution >= 0.6 is 0 Å². The van der Waals surface area contributed by atoms with Crippen LogP contribution < -0.4 is 0 Å². The summed E-state index contributed by atoms with van der Waals surface area (Å²) in [6, 6.07) is 3.74. The topological polar surface area (TPSA) is 129 Å². The summed E-state index contributed by atoms with van der Waals surface area (Å²) in [6.45, 7) is 1.60. The second-order valence-electron chi connectivity index (χ2n) is 3.96. The molecule has 8 heteroatoms.